The van der Waals surface area contributed by atoms with Crippen LogP contribution in [0.15, 0.2) is 22.7 Å². The molecule has 0 amide bonds. The molecule has 1 aromatic carbocycles. The molecule has 1 atom stereocenters. The molecule has 26 heavy (non-hydrogen) atoms. The molecule has 1 aliphatic heterocycles. The highest BCUT2D eigenvalue weighted by molar-refractivity contribution is 5.59. The lowest BCUT2D eigenvalue weighted by Crippen LogP contribution is -2.34. The number of aromatic nitrogens is 2. The number of nitro benzene ring substituents is 1. The van der Waals surface area contributed by atoms with Gasteiger partial charge in [0.15, 0.2) is 5.75 Å². The topological polar surface area (TPSA) is 97.8 Å². The Morgan fingerprint density at radius 2 is 2.27 bits per heavy atom. The van der Waals surface area contributed by atoms with E-state index in [1.807, 2.05) is 21.0 Å². The number of nitrogens with zero attached hydrogens (tertiary/aromatic N) is 5. The third-order valence-electron chi connectivity index (χ3n) is 4.41. The Morgan fingerprint density at radius 3 is 2.92 bits per heavy atom. The van der Waals surface area contributed by atoms with E-state index in [9.17, 15) is 10.1 Å². The second-order valence-electron chi connectivity index (χ2n) is 6.45. The van der Waals surface area contributed by atoms with Gasteiger partial charge in [0.05, 0.1) is 17.4 Å². The first-order valence-corrected chi connectivity index (χ1v) is 8.66. The van der Waals surface area contributed by atoms with Gasteiger partial charge in [-0.25, -0.2) is 0 Å². The predicted molar refractivity (Wildman–Crippen MR) is 97.1 cm³/mol. The second kappa shape index (κ2) is 7.59. The van der Waals surface area contributed by atoms with E-state index in [4.69, 9.17) is 9.26 Å². The van der Waals surface area contributed by atoms with Gasteiger partial charge in [-0.15, -0.1) is 0 Å². The SMILES string of the molecule is CCOc1cc(N2CCCC(c3nc(N(C)C)no3)C2)ccc1[N+](=O)[O-]. The fraction of sp³-hybridized carbons (Fsp3) is 0.529. The van der Waals surface area contributed by atoms with Crippen LogP contribution in [-0.4, -0.2) is 48.9 Å². The highest BCUT2D eigenvalue weighted by Crippen LogP contribution is 2.35. The number of benzene rings is 1. The van der Waals surface area contributed by atoms with Crippen molar-refractivity contribution in [2.75, 3.05) is 43.6 Å². The molecule has 1 aliphatic rings. The zero-order valence-corrected chi connectivity index (χ0v) is 15.2. The van der Waals surface area contributed by atoms with Gasteiger partial charge in [0.2, 0.25) is 5.89 Å². The average molecular weight is 361 g/mol. The average Bonchev–Trinajstić information content (AvgIpc) is 3.12. The third kappa shape index (κ3) is 3.71. The standard InChI is InChI=1S/C17H23N5O4/c1-4-25-15-10-13(7-8-14(15)22(23)24)21-9-5-6-12(11-21)16-18-17(19-26-16)20(2)3/h7-8,10,12H,4-6,9,11H2,1-3H3. The quantitative estimate of drug-likeness (QED) is 0.572. The van der Waals surface area contributed by atoms with Gasteiger partial charge in [-0.2, -0.15) is 4.98 Å². The van der Waals surface area contributed by atoms with E-state index >= 15 is 0 Å². The summed E-state index contributed by atoms with van der Waals surface area (Å²) in [4.78, 5) is 19.2. The van der Waals surface area contributed by atoms with Crippen LogP contribution >= 0.6 is 0 Å². The number of anilines is 2. The minimum Gasteiger partial charge on any atom is -0.487 e. The molecule has 9 nitrogen and oxygen atoms in total. The number of rotatable bonds is 6. The molecule has 1 unspecified atom stereocenters. The molecular weight excluding hydrogens is 338 g/mol. The molecule has 1 saturated heterocycles. The molecule has 0 radical (unpaired) electrons. The molecule has 3 rings (SSSR count). The first-order chi connectivity index (χ1) is 12.5. The van der Waals surface area contributed by atoms with Crippen LogP contribution in [0.4, 0.5) is 17.3 Å². The summed E-state index contributed by atoms with van der Waals surface area (Å²) < 4.78 is 10.9. The molecule has 0 aliphatic carbocycles. The Bertz CT molecular complexity index is 776. The molecule has 2 aromatic rings. The normalized spacial score (nSPS) is 17.2. The Labute approximate surface area is 151 Å². The van der Waals surface area contributed by atoms with Crippen molar-refractivity contribution in [1.29, 1.82) is 0 Å². The van der Waals surface area contributed by atoms with Gasteiger partial charge >= 0.3 is 5.69 Å². The lowest BCUT2D eigenvalue weighted by Gasteiger charge is -2.33. The van der Waals surface area contributed by atoms with Gasteiger partial charge in [-0.1, -0.05) is 0 Å². The Morgan fingerprint density at radius 1 is 1.46 bits per heavy atom. The molecule has 2 heterocycles. The Kier molecular flexibility index (Phi) is 5.24. The molecule has 0 saturated carbocycles. The molecule has 0 spiro atoms. The molecule has 1 aromatic heterocycles. The highest BCUT2D eigenvalue weighted by Gasteiger charge is 2.27. The van der Waals surface area contributed by atoms with Crippen LogP contribution in [0.1, 0.15) is 31.6 Å². The highest BCUT2D eigenvalue weighted by atomic mass is 16.6. The lowest BCUT2D eigenvalue weighted by atomic mass is 9.97. The number of hydrogen-bond donors (Lipinski definition) is 0. The summed E-state index contributed by atoms with van der Waals surface area (Å²) >= 11 is 0. The van der Waals surface area contributed by atoms with Crippen molar-refractivity contribution in [3.05, 3.63) is 34.2 Å². The number of piperidine rings is 1. The minimum absolute atomic E-state index is 0.0170. The molecule has 140 valence electrons. The van der Waals surface area contributed by atoms with Crippen LogP contribution in [0.25, 0.3) is 0 Å². The number of nitro groups is 1. The van der Waals surface area contributed by atoms with Crippen molar-refractivity contribution in [2.45, 2.75) is 25.7 Å². The van der Waals surface area contributed by atoms with Crippen LogP contribution in [0, 0.1) is 10.1 Å². The monoisotopic (exact) mass is 361 g/mol. The maximum atomic E-state index is 11.2. The predicted octanol–water partition coefficient (Wildman–Crippen LogP) is 2.83. The van der Waals surface area contributed by atoms with E-state index < -0.39 is 4.92 Å². The zero-order chi connectivity index (χ0) is 18.7. The molecular formula is C17H23N5O4. The summed E-state index contributed by atoms with van der Waals surface area (Å²) in [6.45, 7) is 3.78. The number of hydrogen-bond acceptors (Lipinski definition) is 8. The van der Waals surface area contributed by atoms with E-state index in [-0.39, 0.29) is 11.6 Å². The van der Waals surface area contributed by atoms with Crippen molar-refractivity contribution in [3.8, 4) is 5.75 Å². The zero-order valence-electron chi connectivity index (χ0n) is 15.2. The maximum absolute atomic E-state index is 11.2. The maximum Gasteiger partial charge on any atom is 0.311 e. The van der Waals surface area contributed by atoms with Gasteiger partial charge in [0.1, 0.15) is 0 Å². The van der Waals surface area contributed by atoms with Crippen LogP contribution in [0.3, 0.4) is 0 Å². The molecule has 0 N–H and O–H groups in total. The fourth-order valence-electron chi connectivity index (χ4n) is 3.11. The third-order valence-corrected chi connectivity index (χ3v) is 4.41. The lowest BCUT2D eigenvalue weighted by molar-refractivity contribution is -0.385. The van der Waals surface area contributed by atoms with E-state index in [1.165, 1.54) is 6.07 Å². The first kappa shape index (κ1) is 18.0. The van der Waals surface area contributed by atoms with Crippen LogP contribution < -0.4 is 14.5 Å². The molecule has 9 heteroatoms. The van der Waals surface area contributed by atoms with E-state index in [1.54, 1.807) is 17.0 Å². The summed E-state index contributed by atoms with van der Waals surface area (Å²) in [6, 6.07) is 5.01. The molecule has 0 bridgehead atoms. The van der Waals surface area contributed by atoms with Crippen LogP contribution in [0.5, 0.6) is 5.75 Å². The Hall–Kier alpha value is -2.84. The smallest absolute Gasteiger partial charge is 0.311 e. The summed E-state index contributed by atoms with van der Waals surface area (Å²) in [5, 5.41) is 15.1. The van der Waals surface area contributed by atoms with E-state index in [0.717, 1.165) is 31.6 Å². The first-order valence-electron chi connectivity index (χ1n) is 8.66. The van der Waals surface area contributed by atoms with Crippen LogP contribution in [0.2, 0.25) is 0 Å². The molecule has 1 fully saturated rings. The second-order valence-corrected chi connectivity index (χ2v) is 6.45. The van der Waals surface area contributed by atoms with Crippen molar-refractivity contribution in [3.63, 3.8) is 0 Å². The summed E-state index contributed by atoms with van der Waals surface area (Å²) in [5.74, 6) is 1.62. The van der Waals surface area contributed by atoms with Gasteiger partial charge in [0.25, 0.3) is 5.95 Å². The summed E-state index contributed by atoms with van der Waals surface area (Å²) in [7, 11) is 3.74. The summed E-state index contributed by atoms with van der Waals surface area (Å²) in [5.41, 5.74) is 0.882. The van der Waals surface area contributed by atoms with Crippen molar-refractivity contribution in [2.24, 2.45) is 0 Å². The van der Waals surface area contributed by atoms with Crippen LogP contribution in [-0.2, 0) is 0 Å². The van der Waals surface area contributed by atoms with Gasteiger partial charge in [0, 0.05) is 45.0 Å². The number of ether oxygens (including phenoxy) is 1. The van der Waals surface area contributed by atoms with Crippen molar-refractivity contribution >= 4 is 17.3 Å². The summed E-state index contributed by atoms with van der Waals surface area (Å²) in [6.07, 6.45) is 1.95. The minimum atomic E-state index is -0.422. The van der Waals surface area contributed by atoms with E-state index in [2.05, 4.69) is 15.0 Å². The van der Waals surface area contributed by atoms with Crippen molar-refractivity contribution in [1.82, 2.24) is 10.1 Å². The fourth-order valence-corrected chi connectivity index (χ4v) is 3.11. The Balaban J connectivity index is 1.80. The largest absolute Gasteiger partial charge is 0.487 e. The van der Waals surface area contributed by atoms with Gasteiger partial charge in [-0.3, -0.25) is 10.1 Å². The van der Waals surface area contributed by atoms with Crippen molar-refractivity contribution < 1.29 is 14.2 Å². The van der Waals surface area contributed by atoms with Gasteiger partial charge in [-0.05, 0) is 31.0 Å². The van der Waals surface area contributed by atoms with E-state index in [0.29, 0.717) is 24.2 Å². The van der Waals surface area contributed by atoms with Gasteiger partial charge < -0.3 is 19.1 Å².